The summed E-state index contributed by atoms with van der Waals surface area (Å²) in [5.74, 6) is 0. The first-order valence-corrected chi connectivity index (χ1v) is 0.309. The van der Waals surface area contributed by atoms with Gasteiger partial charge in [0, 0.05) is 21.6 Å². The molecule has 0 rings (SSSR count). The second-order valence-corrected chi connectivity index (χ2v) is 0.0583. The van der Waals surface area contributed by atoms with Crippen molar-refractivity contribution in [3.05, 3.63) is 0 Å². The van der Waals surface area contributed by atoms with Gasteiger partial charge in [-0.25, -0.2) is 0 Å². The molecular weight excluding hydrogens is 113 g/mol. The van der Waals surface area contributed by atoms with Crippen molar-refractivity contribution in [2.45, 2.75) is 0 Å². The Morgan fingerprint density at radius 3 is 1.25 bits per heavy atom. The molecule has 0 aromatic heterocycles. The van der Waals surface area contributed by atoms with Crippen LogP contribution in [0, 0.1) is 0 Å². The van der Waals surface area contributed by atoms with Gasteiger partial charge in [-0.3, -0.25) is 0 Å². The predicted octanol–water partition coefficient (Wildman–Crippen LogP) is 0.770. The maximum atomic E-state index is 9.12. The average molecular weight is 113 g/mol. The monoisotopic (exact) mass is 112 g/mol. The second-order valence-electron chi connectivity index (χ2n) is 0.0583. The third-order valence-corrected chi connectivity index (χ3v) is 0. The van der Waals surface area contributed by atoms with E-state index in [4.69, 9.17) is 9.05 Å². The van der Waals surface area contributed by atoms with E-state index in [1.54, 1.807) is 0 Å². The molecule has 0 spiro atoms. The maximum Gasteiger partial charge on any atom is 0.0209 e. The van der Waals surface area contributed by atoms with E-state index in [2.05, 4.69) is 0 Å². The van der Waals surface area contributed by atoms with E-state index in [0.29, 0.717) is 0 Å². The summed E-state index contributed by atoms with van der Waals surface area (Å²) in [7, 11) is 0. The molecule has 0 saturated carbocycles. The quantitative estimate of drug-likeness (QED) is 0.421. The molecule has 4 heteroatoms. The summed E-state index contributed by atoms with van der Waals surface area (Å²) in [4.78, 5) is 0. The summed E-state index contributed by atoms with van der Waals surface area (Å²) in [6.45, 7) is 0. The molecule has 0 saturated heterocycles. The molecule has 0 unspecified atom stereocenters. The molecule has 30 valence electrons. The Bertz CT molecular complexity index is 6.00. The zero-order valence-corrected chi connectivity index (χ0v) is 2.47. The van der Waals surface area contributed by atoms with Crippen LogP contribution in [0.1, 0.15) is 0 Å². The second kappa shape index (κ2) is 10.3. The zero-order valence-electron chi connectivity index (χ0n) is 1.48. The molecule has 0 fully saturated rings. The molecule has 0 heterocycles. The van der Waals surface area contributed by atoms with E-state index in [-0.39, 0.29) is 16.5 Å². The Labute approximate surface area is 31.7 Å². The minimum atomic E-state index is 0. The molecule has 4 heavy (non-hydrogen) atoms. The van der Waals surface area contributed by atoms with Crippen LogP contribution in [-0.4, -0.2) is 0 Å². The zero-order chi connectivity index (χ0) is 2.71. The van der Waals surface area contributed by atoms with Crippen LogP contribution in [0.2, 0.25) is 0 Å². The van der Waals surface area contributed by atoms with Crippen LogP contribution in [-0.2, 0) is 21.6 Å². The summed E-state index contributed by atoms with van der Waals surface area (Å²) in [6, 6.07) is 0. The van der Waals surface area contributed by atoms with Crippen molar-refractivity contribution in [1.82, 2.24) is 0 Å². The van der Waals surface area contributed by atoms with Gasteiger partial charge in [0.2, 0.25) is 0 Å². The van der Waals surface area contributed by atoms with E-state index < -0.39 is 0 Å². The Balaban J connectivity index is 0. The minimum absolute atomic E-state index is 0. The van der Waals surface area contributed by atoms with E-state index in [1.165, 1.54) is 5.15 Å². The van der Waals surface area contributed by atoms with Crippen LogP contribution in [0.25, 0.3) is 0 Å². The first-order valence-electron chi connectivity index (χ1n) is 0.309. The summed E-state index contributed by atoms with van der Waals surface area (Å²) < 4.78 is 18.2. The van der Waals surface area contributed by atoms with Gasteiger partial charge in [-0.15, -0.1) is 0 Å². The van der Waals surface area contributed by atoms with Crippen molar-refractivity contribution in [2.24, 2.45) is 0 Å². The van der Waals surface area contributed by atoms with E-state index in [9.17, 15) is 0 Å². The van der Waals surface area contributed by atoms with E-state index in [0.717, 1.165) is 0 Å². The smallest absolute Gasteiger partial charge is 0.0104 e. The summed E-state index contributed by atoms with van der Waals surface area (Å²) in [6.07, 6.45) is 0. The topological polar surface area (TPSA) is 9.23 Å². The van der Waals surface area contributed by atoms with Crippen LogP contribution >= 0.6 is 0 Å². The van der Waals surface area contributed by atoms with Crippen molar-refractivity contribution >= 4 is 0 Å². The largest absolute Gasteiger partial charge is 0.0209 e. The van der Waals surface area contributed by atoms with Gasteiger partial charge in [-0.05, 0) is 9.05 Å². The fourth-order valence-electron chi connectivity index (χ4n) is 0. The van der Waals surface area contributed by atoms with Crippen molar-refractivity contribution in [1.29, 1.82) is 0 Å². The fraction of sp³-hybridized carbons (Fsp3) is 0. The molecule has 0 atom stereocenters. The Kier molecular flexibility index (Phi) is 22.7. The molecule has 1 nitrogen and oxygen atoms in total. The van der Waals surface area contributed by atoms with Gasteiger partial charge in [0.25, 0.3) is 0 Å². The molecule has 0 aromatic carbocycles. The molecular formula is F2NiO. The van der Waals surface area contributed by atoms with Crippen LogP contribution in [0.4, 0.5) is 9.05 Å². The summed E-state index contributed by atoms with van der Waals surface area (Å²) in [5.41, 5.74) is 0. The van der Waals surface area contributed by atoms with Gasteiger partial charge >= 0.3 is 0 Å². The molecule has 0 bridgehead atoms. The van der Waals surface area contributed by atoms with Gasteiger partial charge in [-0.2, -0.15) is 0 Å². The van der Waals surface area contributed by atoms with Gasteiger partial charge < -0.3 is 0 Å². The van der Waals surface area contributed by atoms with E-state index >= 15 is 0 Å². The van der Waals surface area contributed by atoms with Crippen molar-refractivity contribution < 1.29 is 30.7 Å². The molecule has 0 aliphatic heterocycles. The standard InChI is InChI=1S/F2O.Ni/c1-3-2;. The van der Waals surface area contributed by atoms with Gasteiger partial charge in [0.1, 0.15) is 0 Å². The van der Waals surface area contributed by atoms with Crippen molar-refractivity contribution in [3.63, 3.8) is 0 Å². The molecule has 0 N–H and O–H groups in total. The SMILES string of the molecule is FOF.[Ni]. The molecule has 0 aliphatic carbocycles. The number of hydrogen-bond acceptors (Lipinski definition) is 1. The molecule has 0 aromatic rings. The number of hydrogen-bond donors (Lipinski definition) is 0. The molecule has 0 aliphatic rings. The van der Waals surface area contributed by atoms with Gasteiger partial charge in [0.05, 0.1) is 0 Å². The van der Waals surface area contributed by atoms with Crippen molar-refractivity contribution in [3.8, 4) is 0 Å². The first kappa shape index (κ1) is 8.85. The maximum absolute atomic E-state index is 9.12. The minimum Gasteiger partial charge on any atom is -0.0104 e. The predicted molar refractivity (Wildman–Crippen MR) is 3.30 cm³/mol. The van der Waals surface area contributed by atoms with Gasteiger partial charge in [0.15, 0.2) is 0 Å². The van der Waals surface area contributed by atoms with Gasteiger partial charge in [-0.1, -0.05) is 0 Å². The van der Waals surface area contributed by atoms with Crippen molar-refractivity contribution in [2.75, 3.05) is 0 Å². The average Bonchev–Trinajstić information content (AvgIpc) is 0.918. The van der Waals surface area contributed by atoms with Crippen LogP contribution in [0.5, 0.6) is 0 Å². The Morgan fingerprint density at radius 2 is 1.25 bits per heavy atom. The fourth-order valence-corrected chi connectivity index (χ4v) is 0. The Morgan fingerprint density at radius 1 is 1.25 bits per heavy atom. The van der Waals surface area contributed by atoms with Crippen LogP contribution in [0.15, 0.2) is 0 Å². The van der Waals surface area contributed by atoms with Crippen LogP contribution < -0.4 is 0 Å². The number of halogens is 2. The molecule has 0 amide bonds. The summed E-state index contributed by atoms with van der Waals surface area (Å²) in [5, 5.41) is 1.25. The summed E-state index contributed by atoms with van der Waals surface area (Å²) >= 11 is 0. The first-order chi connectivity index (χ1) is 1.41. The normalized spacial score (nSPS) is 4.50. The molecule has 0 radical (unpaired) electrons. The van der Waals surface area contributed by atoms with E-state index in [1.807, 2.05) is 0 Å². The van der Waals surface area contributed by atoms with Crippen LogP contribution in [0.3, 0.4) is 0 Å². The third kappa shape index (κ3) is 40.6. The Hall–Kier alpha value is 0.314. The third-order valence-electron chi connectivity index (χ3n) is 0. The number of rotatable bonds is 0.